The van der Waals surface area contributed by atoms with E-state index in [1.54, 1.807) is 12.1 Å². The van der Waals surface area contributed by atoms with Crippen LogP contribution in [0.4, 0.5) is 8.78 Å². The average Bonchev–Trinajstić information content (AvgIpc) is 2.40. The number of benzene rings is 1. The number of rotatable bonds is 5. The summed E-state index contributed by atoms with van der Waals surface area (Å²) in [5.74, 6) is 5.97. The molecule has 0 bridgehead atoms. The molecule has 0 aromatic heterocycles. The van der Waals surface area contributed by atoms with E-state index < -0.39 is 6.61 Å². The maximum absolute atomic E-state index is 12.2. The predicted molar refractivity (Wildman–Crippen MR) is 66.7 cm³/mol. The summed E-state index contributed by atoms with van der Waals surface area (Å²) in [5, 5.41) is 0. The molecule has 4 nitrogen and oxygen atoms in total. The molecule has 1 heterocycles. The summed E-state index contributed by atoms with van der Waals surface area (Å²) in [4.78, 5) is 0. The van der Waals surface area contributed by atoms with Crippen LogP contribution in [0.25, 0.3) is 0 Å². The third kappa shape index (κ3) is 3.86. The van der Waals surface area contributed by atoms with Gasteiger partial charge in [0.05, 0.1) is 12.6 Å². The first-order valence-corrected chi connectivity index (χ1v) is 6.29. The van der Waals surface area contributed by atoms with Gasteiger partial charge >= 0.3 is 6.61 Å². The van der Waals surface area contributed by atoms with Gasteiger partial charge in [0, 0.05) is 12.5 Å². The maximum atomic E-state index is 12.2. The summed E-state index contributed by atoms with van der Waals surface area (Å²) >= 11 is 0. The Morgan fingerprint density at radius 1 is 1.42 bits per heavy atom. The number of nitrogens with two attached hydrogens (primary N) is 1. The molecule has 19 heavy (non-hydrogen) atoms. The molecule has 2 rings (SSSR count). The van der Waals surface area contributed by atoms with Gasteiger partial charge in [-0.1, -0.05) is 12.1 Å². The second kappa shape index (κ2) is 6.79. The fourth-order valence-electron chi connectivity index (χ4n) is 2.42. The van der Waals surface area contributed by atoms with Gasteiger partial charge in [-0.05, 0) is 30.5 Å². The lowest BCUT2D eigenvalue weighted by molar-refractivity contribution is -0.0499. The lowest BCUT2D eigenvalue weighted by atomic mass is 9.89. The van der Waals surface area contributed by atoms with Gasteiger partial charge in [0.15, 0.2) is 0 Å². The van der Waals surface area contributed by atoms with Crippen LogP contribution >= 0.6 is 0 Å². The Hall–Kier alpha value is -1.24. The van der Waals surface area contributed by atoms with Crippen LogP contribution < -0.4 is 16.0 Å². The van der Waals surface area contributed by atoms with Gasteiger partial charge in [0.25, 0.3) is 0 Å². The van der Waals surface area contributed by atoms with Gasteiger partial charge in [-0.15, -0.1) is 0 Å². The second-order valence-corrected chi connectivity index (χ2v) is 4.57. The first-order valence-electron chi connectivity index (χ1n) is 6.29. The lowest BCUT2D eigenvalue weighted by Gasteiger charge is -2.30. The van der Waals surface area contributed by atoms with Crippen molar-refractivity contribution in [1.29, 1.82) is 0 Å². The zero-order chi connectivity index (χ0) is 13.7. The molecule has 1 saturated heterocycles. The first-order chi connectivity index (χ1) is 9.20. The first kappa shape index (κ1) is 14.2. The van der Waals surface area contributed by atoms with E-state index in [0.717, 1.165) is 25.0 Å². The van der Waals surface area contributed by atoms with E-state index in [0.29, 0.717) is 6.61 Å². The van der Waals surface area contributed by atoms with Crippen molar-refractivity contribution in [3.05, 3.63) is 29.8 Å². The normalized spacial score (nSPS) is 21.4. The molecular weight excluding hydrogens is 254 g/mol. The molecule has 1 fully saturated rings. The highest BCUT2D eigenvalue weighted by Crippen LogP contribution is 2.30. The van der Waals surface area contributed by atoms with Gasteiger partial charge in [-0.2, -0.15) is 8.78 Å². The van der Waals surface area contributed by atoms with E-state index in [2.05, 4.69) is 10.2 Å². The number of ether oxygens (including phenoxy) is 2. The van der Waals surface area contributed by atoms with Crippen molar-refractivity contribution in [3.63, 3.8) is 0 Å². The molecule has 1 aromatic carbocycles. The molecule has 1 aliphatic rings. The second-order valence-electron chi connectivity index (χ2n) is 4.57. The molecule has 1 aromatic rings. The van der Waals surface area contributed by atoms with E-state index >= 15 is 0 Å². The molecule has 0 spiro atoms. The van der Waals surface area contributed by atoms with Crippen molar-refractivity contribution >= 4 is 0 Å². The largest absolute Gasteiger partial charge is 0.435 e. The van der Waals surface area contributed by atoms with Crippen molar-refractivity contribution in [2.45, 2.75) is 25.5 Å². The number of halogens is 2. The average molecular weight is 272 g/mol. The molecule has 0 amide bonds. The molecule has 0 radical (unpaired) electrons. The third-order valence-corrected chi connectivity index (χ3v) is 3.29. The highest BCUT2D eigenvalue weighted by Gasteiger charge is 2.25. The molecule has 1 aliphatic heterocycles. The van der Waals surface area contributed by atoms with Crippen molar-refractivity contribution in [1.82, 2.24) is 5.43 Å². The predicted octanol–water partition coefficient (Wildman–Crippen LogP) is 2.22. The Bertz CT molecular complexity index is 398. The van der Waals surface area contributed by atoms with Gasteiger partial charge in [-0.3, -0.25) is 11.3 Å². The van der Waals surface area contributed by atoms with Crippen LogP contribution in [-0.4, -0.2) is 19.8 Å². The number of hydrogen-bond donors (Lipinski definition) is 2. The molecule has 0 aliphatic carbocycles. The van der Waals surface area contributed by atoms with Crippen molar-refractivity contribution in [2.24, 2.45) is 11.8 Å². The number of hydrazine groups is 1. The Kier molecular flexibility index (Phi) is 5.07. The van der Waals surface area contributed by atoms with E-state index in [4.69, 9.17) is 10.6 Å². The van der Waals surface area contributed by atoms with Crippen LogP contribution in [0.1, 0.15) is 24.4 Å². The lowest BCUT2D eigenvalue weighted by Crippen LogP contribution is -2.37. The van der Waals surface area contributed by atoms with Crippen LogP contribution in [0, 0.1) is 5.92 Å². The summed E-state index contributed by atoms with van der Waals surface area (Å²) in [5.41, 5.74) is 3.58. The third-order valence-electron chi connectivity index (χ3n) is 3.29. The Morgan fingerprint density at radius 3 is 2.89 bits per heavy atom. The summed E-state index contributed by atoms with van der Waals surface area (Å²) in [6.45, 7) is -1.44. The van der Waals surface area contributed by atoms with E-state index in [1.807, 2.05) is 6.07 Å². The van der Waals surface area contributed by atoms with Crippen molar-refractivity contribution in [3.8, 4) is 5.75 Å². The molecule has 2 unspecified atom stereocenters. The monoisotopic (exact) mass is 272 g/mol. The van der Waals surface area contributed by atoms with Gasteiger partial charge in [-0.25, -0.2) is 0 Å². The number of hydrogen-bond acceptors (Lipinski definition) is 4. The summed E-state index contributed by atoms with van der Waals surface area (Å²) in [7, 11) is 0. The minimum atomic E-state index is -2.82. The van der Waals surface area contributed by atoms with E-state index in [-0.39, 0.29) is 17.7 Å². The van der Waals surface area contributed by atoms with Gasteiger partial charge < -0.3 is 9.47 Å². The van der Waals surface area contributed by atoms with Gasteiger partial charge in [0.1, 0.15) is 5.75 Å². The topological polar surface area (TPSA) is 56.5 Å². The quantitative estimate of drug-likeness (QED) is 0.637. The molecule has 106 valence electrons. The van der Waals surface area contributed by atoms with Gasteiger partial charge in [0.2, 0.25) is 0 Å². The van der Waals surface area contributed by atoms with Crippen molar-refractivity contribution < 1.29 is 18.3 Å². The molecule has 3 N–H and O–H groups in total. The molecule has 2 atom stereocenters. The van der Waals surface area contributed by atoms with Crippen LogP contribution in [0.3, 0.4) is 0 Å². The fourth-order valence-corrected chi connectivity index (χ4v) is 2.42. The fraction of sp³-hybridized carbons (Fsp3) is 0.538. The highest BCUT2D eigenvalue weighted by atomic mass is 19.3. The zero-order valence-electron chi connectivity index (χ0n) is 10.5. The highest BCUT2D eigenvalue weighted by molar-refractivity contribution is 5.31. The number of nitrogens with one attached hydrogen (secondary N) is 1. The van der Waals surface area contributed by atoms with Crippen LogP contribution in [0.5, 0.6) is 5.75 Å². The van der Waals surface area contributed by atoms with Crippen LogP contribution in [-0.2, 0) is 4.74 Å². The van der Waals surface area contributed by atoms with Crippen LogP contribution in [0.2, 0.25) is 0 Å². The summed E-state index contributed by atoms with van der Waals surface area (Å²) in [6, 6.07) is 6.49. The molecular formula is C13H18F2N2O2. The van der Waals surface area contributed by atoms with E-state index in [9.17, 15) is 8.78 Å². The maximum Gasteiger partial charge on any atom is 0.387 e. The van der Waals surface area contributed by atoms with E-state index in [1.165, 1.54) is 6.07 Å². The zero-order valence-corrected chi connectivity index (χ0v) is 10.5. The summed E-state index contributed by atoms with van der Waals surface area (Å²) in [6.07, 6.45) is 1.98. The Labute approximate surface area is 110 Å². The standard InChI is InChI=1S/C13H18F2N2O2/c14-13(15)19-11-5-1-3-9(7-11)12(17-16)10-4-2-6-18-8-10/h1,3,5,7,10,12-13,17H,2,4,6,8,16H2. The SMILES string of the molecule is NNC(c1cccc(OC(F)F)c1)C1CCCOC1. The van der Waals surface area contributed by atoms with Crippen LogP contribution in [0.15, 0.2) is 24.3 Å². The summed E-state index contributed by atoms with van der Waals surface area (Å²) < 4.78 is 34.3. The Balaban J connectivity index is 2.12. The molecule has 0 saturated carbocycles. The smallest absolute Gasteiger partial charge is 0.387 e. The molecule has 6 heteroatoms. The minimum Gasteiger partial charge on any atom is -0.435 e. The minimum absolute atomic E-state index is 0.124. The Morgan fingerprint density at radius 2 is 2.26 bits per heavy atom. The number of alkyl halides is 2. The van der Waals surface area contributed by atoms with Crippen molar-refractivity contribution in [2.75, 3.05) is 13.2 Å².